The third kappa shape index (κ3) is 3.97. The van der Waals surface area contributed by atoms with Crippen molar-refractivity contribution in [3.8, 4) is 0 Å². The molecule has 2 aliphatic rings. The summed E-state index contributed by atoms with van der Waals surface area (Å²) in [6.07, 6.45) is 1.55. The first-order valence-corrected chi connectivity index (χ1v) is 11.5. The number of fused-ring (bicyclic) bond motifs is 1. The summed E-state index contributed by atoms with van der Waals surface area (Å²) >= 11 is 0. The van der Waals surface area contributed by atoms with Gasteiger partial charge in [-0.15, -0.1) is 0 Å². The van der Waals surface area contributed by atoms with Gasteiger partial charge in [-0.1, -0.05) is 59.7 Å². The quantitative estimate of drug-likeness (QED) is 0.704. The highest BCUT2D eigenvalue weighted by molar-refractivity contribution is 6.73. The number of ether oxygens (including phenoxy) is 2. The Labute approximate surface area is 168 Å². The Hall–Kier alpha value is -1.83. The monoisotopic (exact) mass is 405 g/mol. The Morgan fingerprint density at radius 1 is 1.11 bits per heavy atom. The number of hydrogen-bond acceptors (Lipinski definition) is 5. The standard InChI is InChI=1S/C21H31NO5Si/c1-20(2,3)28(21(4,5)6)25-14-17-18(27-28)16(12-13-24-17)26-19(23)22-15-10-8-7-9-11-15/h7-13,16-18H,14H2,1-6H3,(H,22,23)/t16-,17-,18+/m1/s1. The first kappa shape index (κ1) is 20.9. The molecule has 1 saturated heterocycles. The zero-order valence-corrected chi connectivity index (χ0v) is 18.5. The molecule has 0 aliphatic carbocycles. The van der Waals surface area contributed by atoms with E-state index in [-0.39, 0.29) is 16.2 Å². The van der Waals surface area contributed by atoms with E-state index in [0.717, 1.165) is 0 Å². The van der Waals surface area contributed by atoms with Gasteiger partial charge in [-0.25, -0.2) is 4.79 Å². The van der Waals surface area contributed by atoms with Gasteiger partial charge in [0.2, 0.25) is 0 Å². The van der Waals surface area contributed by atoms with Crippen molar-refractivity contribution in [3.05, 3.63) is 42.7 Å². The Bertz CT molecular complexity index is 709. The molecule has 1 fully saturated rings. The van der Waals surface area contributed by atoms with Crippen LogP contribution in [0.1, 0.15) is 41.5 Å². The molecule has 154 valence electrons. The number of anilines is 1. The molecule has 1 N–H and O–H groups in total. The molecule has 0 unspecified atom stereocenters. The Morgan fingerprint density at radius 2 is 1.75 bits per heavy atom. The summed E-state index contributed by atoms with van der Waals surface area (Å²) in [7, 11) is -2.69. The molecular formula is C21H31NO5Si. The fourth-order valence-electron chi connectivity index (χ4n) is 4.13. The Morgan fingerprint density at radius 3 is 2.36 bits per heavy atom. The molecule has 3 atom stereocenters. The molecule has 0 aromatic heterocycles. The largest absolute Gasteiger partial charge is 0.493 e. The van der Waals surface area contributed by atoms with E-state index in [1.807, 2.05) is 30.3 Å². The molecule has 28 heavy (non-hydrogen) atoms. The second-order valence-corrected chi connectivity index (χ2v) is 14.1. The highest BCUT2D eigenvalue weighted by Crippen LogP contribution is 2.54. The lowest BCUT2D eigenvalue weighted by molar-refractivity contribution is -0.123. The van der Waals surface area contributed by atoms with Gasteiger partial charge in [0.05, 0.1) is 12.9 Å². The van der Waals surface area contributed by atoms with Crippen LogP contribution in [0.5, 0.6) is 0 Å². The van der Waals surface area contributed by atoms with Gasteiger partial charge in [0, 0.05) is 15.8 Å². The number of hydrogen-bond donors (Lipinski definition) is 1. The molecule has 6 nitrogen and oxygen atoms in total. The number of carbonyl (C=O) groups excluding carboxylic acids is 1. The van der Waals surface area contributed by atoms with Crippen LogP contribution >= 0.6 is 0 Å². The first-order valence-electron chi connectivity index (χ1n) is 9.70. The van der Waals surface area contributed by atoms with E-state index in [0.29, 0.717) is 12.3 Å². The summed E-state index contributed by atoms with van der Waals surface area (Å²) in [5.74, 6) is 0. The van der Waals surface area contributed by atoms with Gasteiger partial charge in [0.1, 0.15) is 12.2 Å². The number of carbonyl (C=O) groups is 1. The maximum atomic E-state index is 12.4. The van der Waals surface area contributed by atoms with Crippen molar-refractivity contribution in [1.82, 2.24) is 0 Å². The first-order chi connectivity index (χ1) is 13.0. The van der Waals surface area contributed by atoms with Crippen LogP contribution in [0, 0.1) is 0 Å². The minimum atomic E-state index is -2.69. The van der Waals surface area contributed by atoms with Crippen LogP contribution in [0.25, 0.3) is 0 Å². The molecule has 2 heterocycles. The number of amides is 1. The van der Waals surface area contributed by atoms with E-state index >= 15 is 0 Å². The number of para-hydroxylation sites is 1. The summed E-state index contributed by atoms with van der Waals surface area (Å²) in [5, 5.41) is 2.44. The summed E-state index contributed by atoms with van der Waals surface area (Å²) in [4.78, 5) is 12.4. The SMILES string of the molecule is CC(C)(C)[Si]1(C(C)(C)C)OC[C@H]2OC=C[C@@H](OC(=O)Nc3ccccc3)[C@@H]2O1. The van der Waals surface area contributed by atoms with Crippen LogP contribution in [0.15, 0.2) is 42.7 Å². The maximum absolute atomic E-state index is 12.4. The number of rotatable bonds is 2. The van der Waals surface area contributed by atoms with E-state index in [2.05, 4.69) is 46.9 Å². The summed E-state index contributed by atoms with van der Waals surface area (Å²) in [5.41, 5.74) is 0.682. The zero-order chi connectivity index (χ0) is 20.6. The minimum absolute atomic E-state index is 0.159. The molecule has 2 aliphatic heterocycles. The Balaban J connectivity index is 1.79. The minimum Gasteiger partial charge on any atom is -0.493 e. The van der Waals surface area contributed by atoms with Crippen LogP contribution in [-0.2, 0) is 18.3 Å². The fraction of sp³-hybridized carbons (Fsp3) is 0.571. The summed E-state index contributed by atoms with van der Waals surface area (Å²) in [6, 6.07) is 9.22. The molecule has 0 spiro atoms. The maximum Gasteiger partial charge on any atom is 0.412 e. The molecular weight excluding hydrogens is 374 g/mol. The average molecular weight is 406 g/mol. The topological polar surface area (TPSA) is 66.0 Å². The number of nitrogens with one attached hydrogen (secondary N) is 1. The molecule has 0 saturated carbocycles. The second kappa shape index (κ2) is 7.53. The van der Waals surface area contributed by atoms with Crippen LogP contribution in [0.4, 0.5) is 10.5 Å². The van der Waals surface area contributed by atoms with Crippen molar-refractivity contribution in [2.24, 2.45) is 0 Å². The lowest BCUT2D eigenvalue weighted by Gasteiger charge is -2.55. The van der Waals surface area contributed by atoms with Gasteiger partial charge in [-0.05, 0) is 18.2 Å². The zero-order valence-electron chi connectivity index (χ0n) is 17.5. The predicted octanol–water partition coefficient (Wildman–Crippen LogP) is 4.97. The van der Waals surface area contributed by atoms with Crippen LogP contribution in [-0.4, -0.2) is 39.6 Å². The van der Waals surface area contributed by atoms with E-state index < -0.39 is 26.9 Å². The van der Waals surface area contributed by atoms with E-state index in [4.69, 9.17) is 18.3 Å². The van der Waals surface area contributed by atoms with Crippen molar-refractivity contribution in [2.45, 2.75) is 69.9 Å². The molecule has 7 heteroatoms. The van der Waals surface area contributed by atoms with Gasteiger partial charge < -0.3 is 18.3 Å². The molecule has 1 aromatic rings. The van der Waals surface area contributed by atoms with Crippen molar-refractivity contribution < 1.29 is 23.1 Å². The average Bonchev–Trinajstić information content (AvgIpc) is 2.60. The molecule has 0 bridgehead atoms. The van der Waals surface area contributed by atoms with E-state index in [9.17, 15) is 4.79 Å². The van der Waals surface area contributed by atoms with Crippen molar-refractivity contribution in [3.63, 3.8) is 0 Å². The van der Waals surface area contributed by atoms with Gasteiger partial charge >= 0.3 is 14.7 Å². The third-order valence-electron chi connectivity index (χ3n) is 5.20. The van der Waals surface area contributed by atoms with Crippen LogP contribution in [0.3, 0.4) is 0 Å². The fourth-order valence-corrected chi connectivity index (χ4v) is 9.09. The van der Waals surface area contributed by atoms with Crippen molar-refractivity contribution >= 4 is 20.3 Å². The molecule has 3 rings (SSSR count). The summed E-state index contributed by atoms with van der Waals surface area (Å²) < 4.78 is 24.5. The highest BCUT2D eigenvalue weighted by Gasteiger charge is 2.63. The highest BCUT2D eigenvalue weighted by atomic mass is 28.4. The van der Waals surface area contributed by atoms with E-state index in [1.165, 1.54) is 0 Å². The lowest BCUT2D eigenvalue weighted by atomic mass is 10.1. The van der Waals surface area contributed by atoms with E-state index in [1.54, 1.807) is 12.3 Å². The van der Waals surface area contributed by atoms with Gasteiger partial charge in [0.25, 0.3) is 0 Å². The second-order valence-electron chi connectivity index (χ2n) is 9.37. The lowest BCUT2D eigenvalue weighted by Crippen LogP contribution is -2.67. The smallest absolute Gasteiger partial charge is 0.412 e. The van der Waals surface area contributed by atoms with Crippen molar-refractivity contribution in [1.29, 1.82) is 0 Å². The van der Waals surface area contributed by atoms with Gasteiger partial charge in [-0.3, -0.25) is 5.32 Å². The molecule has 1 aromatic carbocycles. The molecule has 1 amide bonds. The summed E-state index contributed by atoms with van der Waals surface area (Å²) in [6.45, 7) is 13.4. The predicted molar refractivity (Wildman–Crippen MR) is 110 cm³/mol. The molecule has 0 radical (unpaired) electrons. The third-order valence-corrected chi connectivity index (χ3v) is 10.3. The Kier molecular flexibility index (Phi) is 5.62. The van der Waals surface area contributed by atoms with Crippen molar-refractivity contribution in [2.75, 3.05) is 11.9 Å². The van der Waals surface area contributed by atoms with Crippen LogP contribution < -0.4 is 5.32 Å². The number of benzene rings is 1. The van der Waals surface area contributed by atoms with Gasteiger partial charge in [-0.2, -0.15) is 0 Å². The van der Waals surface area contributed by atoms with Crippen LogP contribution in [0.2, 0.25) is 10.1 Å². The normalized spacial score (nSPS) is 26.7. The van der Waals surface area contributed by atoms with Gasteiger partial charge in [0.15, 0.2) is 6.10 Å².